The summed E-state index contributed by atoms with van der Waals surface area (Å²) in [4.78, 5) is 13.5. The van der Waals surface area contributed by atoms with Crippen LogP contribution in [0.1, 0.15) is 19.4 Å². The molecule has 84 valence electrons. The number of rotatable bonds is 4. The SMILES string of the molecule is CC(C)N(CC#N)C(=O)Cc1ccccc1. The molecule has 0 bridgehead atoms. The minimum Gasteiger partial charge on any atom is -0.327 e. The van der Waals surface area contributed by atoms with Gasteiger partial charge < -0.3 is 4.90 Å². The van der Waals surface area contributed by atoms with Gasteiger partial charge in [-0.15, -0.1) is 0 Å². The molecule has 1 aromatic carbocycles. The molecule has 0 unspecified atom stereocenters. The Bertz CT molecular complexity index is 379. The Morgan fingerprint density at radius 2 is 2.00 bits per heavy atom. The van der Waals surface area contributed by atoms with Gasteiger partial charge in [-0.2, -0.15) is 5.26 Å². The van der Waals surface area contributed by atoms with E-state index in [0.29, 0.717) is 6.42 Å². The molecule has 1 amide bonds. The second-order valence-electron chi connectivity index (χ2n) is 3.94. The Morgan fingerprint density at radius 1 is 1.38 bits per heavy atom. The van der Waals surface area contributed by atoms with Crippen LogP contribution in [0.3, 0.4) is 0 Å². The molecule has 0 aliphatic rings. The van der Waals surface area contributed by atoms with Crippen molar-refractivity contribution in [1.29, 1.82) is 5.26 Å². The molecule has 0 saturated heterocycles. The summed E-state index contributed by atoms with van der Waals surface area (Å²) in [6.07, 6.45) is 0.362. The van der Waals surface area contributed by atoms with Crippen molar-refractivity contribution in [2.45, 2.75) is 26.3 Å². The first-order valence-electron chi connectivity index (χ1n) is 5.35. The van der Waals surface area contributed by atoms with Crippen molar-refractivity contribution in [1.82, 2.24) is 4.90 Å². The van der Waals surface area contributed by atoms with E-state index >= 15 is 0 Å². The molecule has 0 spiro atoms. The fraction of sp³-hybridized carbons (Fsp3) is 0.385. The molecule has 0 atom stereocenters. The molecule has 0 aliphatic carbocycles. The second kappa shape index (κ2) is 5.92. The first kappa shape index (κ1) is 12.3. The quantitative estimate of drug-likeness (QED) is 0.722. The molecule has 3 nitrogen and oxygen atoms in total. The lowest BCUT2D eigenvalue weighted by Crippen LogP contribution is -2.38. The van der Waals surface area contributed by atoms with E-state index in [4.69, 9.17) is 5.26 Å². The summed E-state index contributed by atoms with van der Waals surface area (Å²) in [5.74, 6) is 0.00255. The molecule has 0 saturated carbocycles. The van der Waals surface area contributed by atoms with Gasteiger partial charge in [0, 0.05) is 6.04 Å². The van der Waals surface area contributed by atoms with E-state index in [0.717, 1.165) is 5.56 Å². The van der Waals surface area contributed by atoms with E-state index < -0.39 is 0 Å². The van der Waals surface area contributed by atoms with Crippen LogP contribution in [0.15, 0.2) is 30.3 Å². The third kappa shape index (κ3) is 3.39. The van der Waals surface area contributed by atoms with Crippen LogP contribution in [0, 0.1) is 11.3 Å². The van der Waals surface area contributed by atoms with Gasteiger partial charge in [0.25, 0.3) is 0 Å². The summed E-state index contributed by atoms with van der Waals surface area (Å²) in [5, 5.41) is 8.66. The minimum absolute atomic E-state index is 0.00255. The van der Waals surface area contributed by atoms with Crippen LogP contribution in [-0.2, 0) is 11.2 Å². The van der Waals surface area contributed by atoms with Gasteiger partial charge in [0.15, 0.2) is 0 Å². The number of hydrogen-bond donors (Lipinski definition) is 0. The summed E-state index contributed by atoms with van der Waals surface area (Å²) in [7, 11) is 0. The van der Waals surface area contributed by atoms with Crippen LogP contribution in [0.25, 0.3) is 0 Å². The van der Waals surface area contributed by atoms with E-state index in [1.165, 1.54) is 0 Å². The van der Waals surface area contributed by atoms with Gasteiger partial charge in [0.05, 0.1) is 12.5 Å². The predicted octanol–water partition coefficient (Wildman–Crippen LogP) is 1.99. The van der Waals surface area contributed by atoms with Gasteiger partial charge in [-0.25, -0.2) is 0 Å². The molecule has 16 heavy (non-hydrogen) atoms. The number of benzene rings is 1. The van der Waals surface area contributed by atoms with Crippen molar-refractivity contribution >= 4 is 5.91 Å². The van der Waals surface area contributed by atoms with Gasteiger partial charge in [-0.3, -0.25) is 4.79 Å². The Balaban J connectivity index is 2.67. The average Bonchev–Trinajstić information content (AvgIpc) is 2.26. The Morgan fingerprint density at radius 3 is 2.50 bits per heavy atom. The monoisotopic (exact) mass is 216 g/mol. The second-order valence-corrected chi connectivity index (χ2v) is 3.94. The number of carbonyl (C=O) groups is 1. The topological polar surface area (TPSA) is 44.1 Å². The van der Waals surface area contributed by atoms with Crippen LogP contribution >= 0.6 is 0 Å². The molecule has 1 aromatic rings. The van der Waals surface area contributed by atoms with E-state index in [1.807, 2.05) is 50.2 Å². The van der Waals surface area contributed by atoms with Crippen molar-refractivity contribution in [3.05, 3.63) is 35.9 Å². The van der Waals surface area contributed by atoms with E-state index in [-0.39, 0.29) is 18.5 Å². The van der Waals surface area contributed by atoms with Crippen molar-refractivity contribution in [3.63, 3.8) is 0 Å². The van der Waals surface area contributed by atoms with Crippen LogP contribution in [0.4, 0.5) is 0 Å². The van der Waals surface area contributed by atoms with Gasteiger partial charge in [-0.05, 0) is 19.4 Å². The molecule has 1 rings (SSSR count). The zero-order chi connectivity index (χ0) is 12.0. The van der Waals surface area contributed by atoms with E-state index in [2.05, 4.69) is 0 Å². The number of nitriles is 1. The lowest BCUT2D eigenvalue weighted by Gasteiger charge is -2.23. The van der Waals surface area contributed by atoms with Gasteiger partial charge in [-0.1, -0.05) is 30.3 Å². The molecule has 3 heteroatoms. The third-order valence-electron chi connectivity index (χ3n) is 2.38. The number of carbonyl (C=O) groups excluding carboxylic acids is 1. The predicted molar refractivity (Wildman–Crippen MR) is 62.6 cm³/mol. The highest BCUT2D eigenvalue weighted by Crippen LogP contribution is 2.05. The lowest BCUT2D eigenvalue weighted by atomic mass is 10.1. The van der Waals surface area contributed by atoms with E-state index in [1.54, 1.807) is 4.90 Å². The van der Waals surface area contributed by atoms with Crippen molar-refractivity contribution in [2.75, 3.05) is 6.54 Å². The third-order valence-corrected chi connectivity index (χ3v) is 2.38. The standard InChI is InChI=1S/C13H16N2O/c1-11(2)15(9-8-14)13(16)10-12-6-4-3-5-7-12/h3-7,11H,9-10H2,1-2H3. The van der Waals surface area contributed by atoms with Gasteiger partial charge >= 0.3 is 0 Å². The number of amides is 1. The zero-order valence-corrected chi connectivity index (χ0v) is 9.68. The smallest absolute Gasteiger partial charge is 0.228 e. The van der Waals surface area contributed by atoms with Crippen molar-refractivity contribution < 1.29 is 4.79 Å². The Kier molecular flexibility index (Phi) is 4.53. The van der Waals surface area contributed by atoms with Gasteiger partial charge in [0.2, 0.25) is 5.91 Å². The highest BCUT2D eigenvalue weighted by atomic mass is 16.2. The van der Waals surface area contributed by atoms with Crippen LogP contribution in [0.2, 0.25) is 0 Å². The molecular formula is C13H16N2O. The highest BCUT2D eigenvalue weighted by Gasteiger charge is 2.16. The zero-order valence-electron chi connectivity index (χ0n) is 9.68. The fourth-order valence-corrected chi connectivity index (χ4v) is 1.51. The maximum absolute atomic E-state index is 11.9. The fourth-order valence-electron chi connectivity index (χ4n) is 1.51. The molecule has 0 fully saturated rings. The first-order valence-corrected chi connectivity index (χ1v) is 5.35. The van der Waals surface area contributed by atoms with Crippen LogP contribution in [-0.4, -0.2) is 23.4 Å². The average molecular weight is 216 g/mol. The van der Waals surface area contributed by atoms with Crippen molar-refractivity contribution in [2.24, 2.45) is 0 Å². The van der Waals surface area contributed by atoms with Crippen LogP contribution in [0.5, 0.6) is 0 Å². The maximum Gasteiger partial charge on any atom is 0.228 e. The Hall–Kier alpha value is -1.82. The molecule has 0 radical (unpaired) electrons. The Labute approximate surface area is 96.3 Å². The maximum atomic E-state index is 11.9. The molecule has 0 heterocycles. The normalized spacial score (nSPS) is 9.88. The summed E-state index contributed by atoms with van der Waals surface area (Å²) >= 11 is 0. The minimum atomic E-state index is 0.00255. The van der Waals surface area contributed by atoms with Gasteiger partial charge in [0.1, 0.15) is 6.54 Å². The lowest BCUT2D eigenvalue weighted by molar-refractivity contribution is -0.131. The molecule has 0 aromatic heterocycles. The van der Waals surface area contributed by atoms with E-state index in [9.17, 15) is 4.79 Å². The molecule has 0 N–H and O–H groups in total. The highest BCUT2D eigenvalue weighted by molar-refractivity contribution is 5.79. The van der Waals surface area contributed by atoms with Crippen molar-refractivity contribution in [3.8, 4) is 6.07 Å². The largest absolute Gasteiger partial charge is 0.327 e. The summed E-state index contributed by atoms with van der Waals surface area (Å²) in [6, 6.07) is 11.7. The summed E-state index contributed by atoms with van der Waals surface area (Å²) in [6.45, 7) is 3.99. The molecule has 0 aliphatic heterocycles. The number of hydrogen-bond acceptors (Lipinski definition) is 2. The summed E-state index contributed by atoms with van der Waals surface area (Å²) < 4.78 is 0. The summed E-state index contributed by atoms with van der Waals surface area (Å²) in [5.41, 5.74) is 0.982. The number of nitrogens with zero attached hydrogens (tertiary/aromatic N) is 2. The van der Waals surface area contributed by atoms with Crippen LogP contribution < -0.4 is 0 Å². The molecular weight excluding hydrogens is 200 g/mol. The first-order chi connectivity index (χ1) is 7.65.